The molecule has 0 saturated heterocycles. The molecule has 0 rings (SSSR count). The Morgan fingerprint density at radius 1 is 1.56 bits per heavy atom. The summed E-state index contributed by atoms with van der Waals surface area (Å²) in [7, 11) is -4.70. The molecule has 0 aromatic carbocycles. The Kier molecular flexibility index (Phi) is 2.16. The Morgan fingerprint density at radius 2 is 2.00 bits per heavy atom. The topological polar surface area (TPSA) is 122 Å². The molecule has 0 amide bonds. The highest BCUT2D eigenvalue weighted by Crippen LogP contribution is 1.84. The minimum Gasteiger partial charge on any atom is -0.337 e. The molecule has 0 atom stereocenters. The molecule has 9 heteroatoms. The second kappa shape index (κ2) is 2.46. The van der Waals surface area contributed by atoms with Crippen LogP contribution in [0, 0.1) is 10.1 Å². The SMILES string of the molecule is O=[N+]([O-])N=NS(=O)(=O)O. The zero-order chi connectivity index (χ0) is 7.49. The highest BCUT2D eigenvalue weighted by molar-refractivity contribution is 7.84. The Hall–Kier alpha value is -1.09. The van der Waals surface area contributed by atoms with Crippen LogP contribution in [0.4, 0.5) is 0 Å². The molecular formula is HN3O5S. The molecule has 0 saturated carbocycles. The van der Waals surface area contributed by atoms with Crippen LogP contribution in [0.2, 0.25) is 0 Å². The summed E-state index contributed by atoms with van der Waals surface area (Å²) >= 11 is 0. The van der Waals surface area contributed by atoms with Crippen LogP contribution in [0.15, 0.2) is 9.74 Å². The van der Waals surface area contributed by atoms with Crippen LogP contribution in [0.5, 0.6) is 0 Å². The molecule has 8 nitrogen and oxygen atoms in total. The van der Waals surface area contributed by atoms with Crippen molar-refractivity contribution in [2.24, 2.45) is 9.74 Å². The largest absolute Gasteiger partial charge is 0.498 e. The monoisotopic (exact) mass is 155 g/mol. The van der Waals surface area contributed by atoms with E-state index in [1.54, 1.807) is 0 Å². The molecule has 0 spiro atoms. The molecule has 52 valence electrons. The van der Waals surface area contributed by atoms with Gasteiger partial charge in [-0.05, 0) is 0 Å². The summed E-state index contributed by atoms with van der Waals surface area (Å²) < 4.78 is 28.6. The van der Waals surface area contributed by atoms with E-state index in [0.29, 0.717) is 0 Å². The van der Waals surface area contributed by atoms with Crippen molar-refractivity contribution in [1.29, 1.82) is 0 Å². The quantitative estimate of drug-likeness (QED) is 0.247. The van der Waals surface area contributed by atoms with E-state index < -0.39 is 15.3 Å². The van der Waals surface area contributed by atoms with Gasteiger partial charge in [0.25, 0.3) is 0 Å². The maximum atomic E-state index is 9.53. The maximum Gasteiger partial charge on any atom is 0.498 e. The molecule has 0 fully saturated rings. The average molecular weight is 155 g/mol. The zero-order valence-electron chi connectivity index (χ0n) is 3.83. The number of nitro groups is 1. The van der Waals surface area contributed by atoms with Crippen molar-refractivity contribution in [2.45, 2.75) is 0 Å². The lowest BCUT2D eigenvalue weighted by Crippen LogP contribution is -1.91. The van der Waals surface area contributed by atoms with Gasteiger partial charge in [-0.2, -0.15) is 8.42 Å². The van der Waals surface area contributed by atoms with Crippen molar-refractivity contribution in [2.75, 3.05) is 0 Å². The van der Waals surface area contributed by atoms with Crippen LogP contribution >= 0.6 is 0 Å². The first-order valence-corrected chi connectivity index (χ1v) is 2.86. The van der Waals surface area contributed by atoms with E-state index in [0.717, 1.165) is 0 Å². The van der Waals surface area contributed by atoms with Gasteiger partial charge in [0.05, 0.1) is 5.03 Å². The Labute approximate surface area is 49.2 Å². The molecule has 0 unspecified atom stereocenters. The fraction of sp³-hybridized carbons (Fsp3) is 0. The molecule has 9 heavy (non-hydrogen) atoms. The van der Waals surface area contributed by atoms with Crippen LogP contribution < -0.4 is 0 Å². The highest BCUT2D eigenvalue weighted by atomic mass is 32.2. The zero-order valence-corrected chi connectivity index (χ0v) is 4.65. The molecule has 0 aliphatic carbocycles. The minimum atomic E-state index is -4.70. The lowest BCUT2D eigenvalue weighted by molar-refractivity contribution is -0.493. The van der Waals surface area contributed by atoms with Crippen molar-refractivity contribution in [3.05, 3.63) is 10.1 Å². The third kappa shape index (κ3) is 6.91. The second-order valence-electron chi connectivity index (χ2n) is 0.857. The van der Waals surface area contributed by atoms with E-state index in [-0.39, 0.29) is 0 Å². The molecule has 0 aromatic heterocycles. The predicted molar refractivity (Wildman–Crippen MR) is 23.4 cm³/mol. The van der Waals surface area contributed by atoms with Gasteiger partial charge >= 0.3 is 10.3 Å². The molecule has 0 radical (unpaired) electrons. The Morgan fingerprint density at radius 3 is 2.11 bits per heavy atom. The third-order valence-corrected chi connectivity index (χ3v) is 0.492. The van der Waals surface area contributed by atoms with Crippen molar-refractivity contribution >= 4 is 10.3 Å². The summed E-state index contributed by atoms with van der Waals surface area (Å²) in [5, 5.41) is 9.77. The van der Waals surface area contributed by atoms with Crippen molar-refractivity contribution in [3.63, 3.8) is 0 Å². The fourth-order valence-corrected chi connectivity index (χ4v) is 0.228. The van der Waals surface area contributed by atoms with Crippen molar-refractivity contribution < 1.29 is 18.0 Å². The molecule has 1 N–H and O–H groups in total. The average Bonchev–Trinajstić information content (AvgIpc) is 1.59. The van der Waals surface area contributed by atoms with Gasteiger partial charge in [0, 0.05) is 0 Å². The van der Waals surface area contributed by atoms with Crippen LogP contribution in [0.3, 0.4) is 0 Å². The van der Waals surface area contributed by atoms with E-state index in [2.05, 4.69) is 0 Å². The lowest BCUT2D eigenvalue weighted by atomic mass is 12.6. The Balaban J connectivity index is 4.21. The van der Waals surface area contributed by atoms with E-state index in [1.165, 1.54) is 0 Å². The summed E-state index contributed by atoms with van der Waals surface area (Å²) in [6.45, 7) is 0. The molecule has 0 bridgehead atoms. The molecule has 0 aliphatic rings. The standard InChI is InChI=1S/HN3O5S/c4-3(5)1-2-9(6,7)8/h(H,6,7,8). The molecular weight excluding hydrogens is 154 g/mol. The van der Waals surface area contributed by atoms with Crippen LogP contribution in [0.25, 0.3) is 0 Å². The summed E-state index contributed by atoms with van der Waals surface area (Å²) in [6.07, 6.45) is 0. The lowest BCUT2D eigenvalue weighted by Gasteiger charge is -1.73. The van der Waals surface area contributed by atoms with E-state index in [1.807, 2.05) is 9.74 Å². The second-order valence-corrected chi connectivity index (χ2v) is 1.92. The van der Waals surface area contributed by atoms with Crippen LogP contribution in [-0.4, -0.2) is 18.0 Å². The fourth-order valence-electron chi connectivity index (χ4n) is 0.0760. The Bertz CT molecular complexity index is 223. The molecule has 0 heterocycles. The smallest absolute Gasteiger partial charge is 0.337 e. The van der Waals surface area contributed by atoms with E-state index in [9.17, 15) is 18.5 Å². The van der Waals surface area contributed by atoms with E-state index in [4.69, 9.17) is 4.55 Å². The summed E-state index contributed by atoms with van der Waals surface area (Å²) in [5.41, 5.74) is 0. The summed E-state index contributed by atoms with van der Waals surface area (Å²) in [4.78, 5) is 9.22. The number of hydrogen-bond donors (Lipinski definition) is 1. The van der Waals surface area contributed by atoms with Gasteiger partial charge in [-0.25, -0.2) is 4.55 Å². The van der Waals surface area contributed by atoms with Gasteiger partial charge in [-0.15, -0.1) is 0 Å². The number of nitrogens with zero attached hydrogens (tertiary/aromatic N) is 3. The summed E-state index contributed by atoms with van der Waals surface area (Å²) in [5.74, 6) is 0. The first-order chi connectivity index (χ1) is 3.92. The van der Waals surface area contributed by atoms with Gasteiger partial charge in [0.15, 0.2) is 5.22 Å². The maximum absolute atomic E-state index is 9.53. The molecule has 0 aliphatic heterocycles. The number of rotatable bonds is 2. The van der Waals surface area contributed by atoms with Gasteiger partial charge in [0.1, 0.15) is 0 Å². The number of hydrogen-bond acceptors (Lipinski definition) is 4. The highest BCUT2D eigenvalue weighted by Gasteiger charge is 2.08. The minimum absolute atomic E-state index is 1.35. The van der Waals surface area contributed by atoms with Gasteiger partial charge < -0.3 is 10.1 Å². The van der Waals surface area contributed by atoms with Gasteiger partial charge in [0.2, 0.25) is 4.52 Å². The van der Waals surface area contributed by atoms with Gasteiger partial charge in [-0.1, -0.05) is 0 Å². The summed E-state index contributed by atoms with van der Waals surface area (Å²) in [6, 6.07) is 0. The van der Waals surface area contributed by atoms with Crippen molar-refractivity contribution in [3.8, 4) is 0 Å². The first kappa shape index (κ1) is 7.91. The van der Waals surface area contributed by atoms with Crippen LogP contribution in [0.1, 0.15) is 0 Å². The third-order valence-electron chi connectivity index (χ3n) is 0.213. The van der Waals surface area contributed by atoms with Crippen LogP contribution in [-0.2, 0) is 10.3 Å². The van der Waals surface area contributed by atoms with Crippen molar-refractivity contribution in [1.82, 2.24) is 0 Å². The molecule has 0 aromatic rings. The normalized spacial score (nSPS) is 12.1. The van der Waals surface area contributed by atoms with Gasteiger partial charge in [-0.3, -0.25) is 0 Å². The predicted octanol–water partition coefficient (Wildman–Crippen LogP) is -0.567. The van der Waals surface area contributed by atoms with E-state index >= 15 is 0 Å². The first-order valence-electron chi connectivity index (χ1n) is 1.46.